The number of hydrogen-bond donors (Lipinski definition) is 1. The smallest absolute Gasteiger partial charge is 0.235 e. The Hall–Kier alpha value is -2.57. The summed E-state index contributed by atoms with van der Waals surface area (Å²) in [6.07, 6.45) is -0.111. The lowest BCUT2D eigenvalue weighted by atomic mass is 10.0. The third-order valence-corrected chi connectivity index (χ3v) is 4.77. The number of nitrogens with zero attached hydrogens (tertiary/aromatic N) is 1. The summed E-state index contributed by atoms with van der Waals surface area (Å²) in [5, 5.41) is 6.46. The molecule has 27 heavy (non-hydrogen) atoms. The third kappa shape index (κ3) is 5.98. The predicted molar refractivity (Wildman–Crippen MR) is 108 cm³/mol. The molecule has 0 saturated carbocycles. The fourth-order valence-electron chi connectivity index (χ4n) is 2.63. The Morgan fingerprint density at radius 2 is 1.74 bits per heavy atom. The third-order valence-electron chi connectivity index (χ3n) is 3.85. The average molecular weight is 382 g/mol. The van der Waals surface area contributed by atoms with Crippen molar-refractivity contribution in [2.75, 3.05) is 23.4 Å². The minimum absolute atomic E-state index is 0.101. The lowest BCUT2D eigenvalue weighted by molar-refractivity contribution is -0.113. The molecule has 0 saturated heterocycles. The lowest BCUT2D eigenvalue weighted by Gasteiger charge is -2.19. The van der Waals surface area contributed by atoms with Crippen molar-refractivity contribution in [1.29, 1.82) is 0 Å². The minimum Gasteiger partial charge on any atom is -0.368 e. The molecule has 1 amide bonds. The highest BCUT2D eigenvalue weighted by atomic mass is 32.2. The van der Waals surface area contributed by atoms with Gasteiger partial charge in [0.15, 0.2) is 5.82 Å². The van der Waals surface area contributed by atoms with Gasteiger partial charge in [0.25, 0.3) is 0 Å². The normalized spacial score (nSPS) is 10.9. The van der Waals surface area contributed by atoms with Gasteiger partial charge in [0.2, 0.25) is 5.91 Å². The number of hydrogen-bond acceptors (Lipinski definition) is 5. The zero-order valence-electron chi connectivity index (χ0n) is 15.1. The van der Waals surface area contributed by atoms with Crippen LogP contribution in [0.1, 0.15) is 23.0 Å². The van der Waals surface area contributed by atoms with E-state index in [9.17, 15) is 4.79 Å². The number of amides is 1. The van der Waals surface area contributed by atoms with Gasteiger partial charge < -0.3 is 14.6 Å². The Labute approximate surface area is 163 Å². The second-order valence-corrected chi connectivity index (χ2v) is 7.10. The number of thioether (sulfide) groups is 1. The molecule has 0 atom stereocenters. The van der Waals surface area contributed by atoms with Gasteiger partial charge in [-0.05, 0) is 18.1 Å². The van der Waals surface area contributed by atoms with Gasteiger partial charge in [0, 0.05) is 11.8 Å². The zero-order chi connectivity index (χ0) is 18.9. The van der Waals surface area contributed by atoms with Crippen molar-refractivity contribution in [3.63, 3.8) is 0 Å². The van der Waals surface area contributed by atoms with Crippen LogP contribution in [0, 0.1) is 6.92 Å². The maximum Gasteiger partial charge on any atom is 0.235 e. The van der Waals surface area contributed by atoms with Crippen molar-refractivity contribution in [1.82, 2.24) is 5.16 Å². The molecule has 0 spiro atoms. The molecule has 0 unspecified atom stereocenters. The number of benzene rings is 2. The second-order valence-electron chi connectivity index (χ2n) is 6.00. The molecule has 140 valence electrons. The van der Waals surface area contributed by atoms with Crippen molar-refractivity contribution < 1.29 is 14.1 Å². The lowest BCUT2D eigenvalue weighted by Crippen LogP contribution is -2.15. The zero-order valence-corrected chi connectivity index (χ0v) is 15.9. The Bertz CT molecular complexity index is 797. The predicted octanol–water partition coefficient (Wildman–Crippen LogP) is 4.46. The second kappa shape index (κ2) is 9.94. The quantitative estimate of drug-likeness (QED) is 0.554. The molecule has 0 aliphatic heterocycles. The van der Waals surface area contributed by atoms with E-state index in [2.05, 4.69) is 34.7 Å². The van der Waals surface area contributed by atoms with E-state index in [1.54, 1.807) is 13.0 Å². The number of aryl methyl sites for hydroxylation is 1. The Morgan fingerprint density at radius 1 is 1.11 bits per heavy atom. The SMILES string of the molecule is Cc1cc(NC(=O)CSCCOC(c2ccccc2)c2ccccc2)no1. The molecule has 3 rings (SSSR count). The van der Waals surface area contributed by atoms with Gasteiger partial charge in [-0.2, -0.15) is 0 Å². The summed E-state index contributed by atoms with van der Waals surface area (Å²) in [5.41, 5.74) is 2.24. The van der Waals surface area contributed by atoms with Crippen LogP contribution in [0.5, 0.6) is 0 Å². The Kier molecular flexibility index (Phi) is 7.07. The van der Waals surface area contributed by atoms with E-state index in [0.717, 1.165) is 16.9 Å². The van der Waals surface area contributed by atoms with Crippen molar-refractivity contribution in [3.05, 3.63) is 83.6 Å². The molecule has 6 heteroatoms. The fraction of sp³-hybridized carbons (Fsp3) is 0.238. The van der Waals surface area contributed by atoms with E-state index in [1.165, 1.54) is 11.8 Å². The van der Waals surface area contributed by atoms with Gasteiger partial charge in [-0.25, -0.2) is 0 Å². The van der Waals surface area contributed by atoms with E-state index in [-0.39, 0.29) is 12.0 Å². The van der Waals surface area contributed by atoms with Crippen LogP contribution in [0.3, 0.4) is 0 Å². The summed E-state index contributed by atoms with van der Waals surface area (Å²) >= 11 is 1.52. The molecule has 5 nitrogen and oxygen atoms in total. The minimum atomic E-state index is -0.111. The Morgan fingerprint density at radius 3 is 2.30 bits per heavy atom. The summed E-state index contributed by atoms with van der Waals surface area (Å²) in [7, 11) is 0. The molecule has 0 fully saturated rings. The number of aromatic nitrogens is 1. The molecule has 0 radical (unpaired) electrons. The molecule has 1 aromatic heterocycles. The Balaban J connectivity index is 1.46. The van der Waals surface area contributed by atoms with Crippen LogP contribution in [-0.4, -0.2) is 29.2 Å². The average Bonchev–Trinajstić information content (AvgIpc) is 3.10. The van der Waals surface area contributed by atoms with Crippen LogP contribution in [-0.2, 0) is 9.53 Å². The van der Waals surface area contributed by atoms with Crippen molar-refractivity contribution in [2.45, 2.75) is 13.0 Å². The largest absolute Gasteiger partial charge is 0.368 e. The molecular formula is C21H22N2O3S. The molecular weight excluding hydrogens is 360 g/mol. The van der Waals surface area contributed by atoms with Crippen LogP contribution < -0.4 is 5.32 Å². The molecule has 0 aliphatic rings. The maximum absolute atomic E-state index is 11.9. The van der Waals surface area contributed by atoms with Crippen LogP contribution in [0.4, 0.5) is 5.82 Å². The molecule has 1 heterocycles. The fourth-order valence-corrected chi connectivity index (χ4v) is 3.25. The summed E-state index contributed by atoms with van der Waals surface area (Å²) in [4.78, 5) is 11.9. The highest BCUT2D eigenvalue weighted by molar-refractivity contribution is 7.99. The van der Waals surface area contributed by atoms with E-state index < -0.39 is 0 Å². The standard InChI is InChI=1S/C21H22N2O3S/c1-16-14-19(23-26-16)22-20(24)15-27-13-12-25-21(17-8-4-2-5-9-17)18-10-6-3-7-11-18/h2-11,14,21H,12-13,15H2,1H3,(H,22,23,24). The molecule has 2 aromatic carbocycles. The van der Waals surface area contributed by atoms with Crippen LogP contribution in [0.25, 0.3) is 0 Å². The van der Waals surface area contributed by atoms with Crippen LogP contribution >= 0.6 is 11.8 Å². The topological polar surface area (TPSA) is 64.4 Å². The monoisotopic (exact) mass is 382 g/mol. The number of nitrogens with one attached hydrogen (secondary N) is 1. The highest BCUT2D eigenvalue weighted by Gasteiger charge is 2.14. The molecule has 1 N–H and O–H groups in total. The van der Waals surface area contributed by atoms with E-state index in [1.807, 2.05) is 36.4 Å². The maximum atomic E-state index is 11.9. The van der Waals surface area contributed by atoms with Gasteiger partial charge in [0.1, 0.15) is 11.9 Å². The summed E-state index contributed by atoms with van der Waals surface area (Å²) in [5.74, 6) is 2.08. The molecule has 0 bridgehead atoms. The molecule has 0 aliphatic carbocycles. The summed E-state index contributed by atoms with van der Waals surface area (Å²) in [6.45, 7) is 2.33. The van der Waals surface area contributed by atoms with E-state index >= 15 is 0 Å². The number of ether oxygens (including phenoxy) is 1. The van der Waals surface area contributed by atoms with Gasteiger partial charge >= 0.3 is 0 Å². The van der Waals surface area contributed by atoms with Crippen LogP contribution in [0.15, 0.2) is 71.3 Å². The van der Waals surface area contributed by atoms with Gasteiger partial charge in [-0.3, -0.25) is 4.79 Å². The van der Waals surface area contributed by atoms with Crippen molar-refractivity contribution >= 4 is 23.5 Å². The van der Waals surface area contributed by atoms with E-state index in [4.69, 9.17) is 9.26 Å². The first-order chi connectivity index (χ1) is 13.2. The highest BCUT2D eigenvalue weighted by Crippen LogP contribution is 2.25. The van der Waals surface area contributed by atoms with Crippen molar-refractivity contribution in [2.24, 2.45) is 0 Å². The first kappa shape index (κ1) is 19.2. The van der Waals surface area contributed by atoms with Crippen molar-refractivity contribution in [3.8, 4) is 0 Å². The van der Waals surface area contributed by atoms with Gasteiger partial charge in [-0.15, -0.1) is 11.8 Å². The summed E-state index contributed by atoms with van der Waals surface area (Å²) < 4.78 is 11.1. The number of anilines is 1. The van der Waals surface area contributed by atoms with Gasteiger partial charge in [-0.1, -0.05) is 65.8 Å². The van der Waals surface area contributed by atoms with E-state index in [0.29, 0.717) is 23.9 Å². The van der Waals surface area contributed by atoms with Crippen LogP contribution in [0.2, 0.25) is 0 Å². The number of carbonyl (C=O) groups is 1. The molecule has 3 aromatic rings. The summed E-state index contributed by atoms with van der Waals surface area (Å²) in [6, 6.07) is 22.0. The number of rotatable bonds is 9. The van der Waals surface area contributed by atoms with Gasteiger partial charge in [0.05, 0.1) is 12.4 Å². The first-order valence-electron chi connectivity index (χ1n) is 8.75. The first-order valence-corrected chi connectivity index (χ1v) is 9.90. The number of carbonyl (C=O) groups excluding carboxylic acids is 1.